The summed E-state index contributed by atoms with van der Waals surface area (Å²) in [5.41, 5.74) is -0.00839. The van der Waals surface area contributed by atoms with Gasteiger partial charge in [0.05, 0.1) is 0 Å². The highest BCUT2D eigenvalue weighted by molar-refractivity contribution is 5.92. The summed E-state index contributed by atoms with van der Waals surface area (Å²) in [5, 5.41) is 3.77. The van der Waals surface area contributed by atoms with E-state index in [2.05, 4.69) is 19.2 Å². The first-order valence-corrected chi connectivity index (χ1v) is 18.0. The van der Waals surface area contributed by atoms with Crippen LogP contribution in [-0.2, 0) is 14.3 Å². The maximum Gasteiger partial charge on any atom is 0.414 e. The van der Waals surface area contributed by atoms with Gasteiger partial charge in [-0.2, -0.15) is 0 Å². The van der Waals surface area contributed by atoms with Crippen LogP contribution in [0.1, 0.15) is 137 Å². The maximum absolute atomic E-state index is 14.4. The van der Waals surface area contributed by atoms with Gasteiger partial charge in [0.25, 0.3) is 0 Å². The summed E-state index contributed by atoms with van der Waals surface area (Å²) in [6.07, 6.45) is 19.9. The molecule has 0 radical (unpaired) electrons. The standard InChI is InChI=1S/C37H58N2O4/c1-35(2,3)43-34(42)39-23-27-28-16-17-30(36(28,4)21-19-29(27)37(5)20-18-26(40)22-31(37)39)33(41)38-32(24-12-8-6-9-13-24)25-14-10-7-11-15-25/h22,24-25,27-30,32H,6-21,23H2,1-5H3,(H,38,41)/t27-,28-,29-,30+,36-,37+/m0/s1. The number of fused-ring (bicyclic) bond motifs is 5. The van der Waals surface area contributed by atoms with E-state index in [-0.39, 0.29) is 28.6 Å². The van der Waals surface area contributed by atoms with E-state index in [0.29, 0.717) is 54.5 Å². The molecule has 5 fully saturated rings. The molecule has 0 bridgehead atoms. The van der Waals surface area contributed by atoms with Crippen molar-refractivity contribution in [3.05, 3.63) is 11.8 Å². The van der Waals surface area contributed by atoms with E-state index in [9.17, 15) is 14.4 Å². The van der Waals surface area contributed by atoms with Crippen LogP contribution in [0.2, 0.25) is 0 Å². The van der Waals surface area contributed by atoms with Crippen LogP contribution in [0.25, 0.3) is 0 Å². The van der Waals surface area contributed by atoms with Crippen LogP contribution in [0.3, 0.4) is 0 Å². The van der Waals surface area contributed by atoms with Gasteiger partial charge >= 0.3 is 6.09 Å². The van der Waals surface area contributed by atoms with Crippen LogP contribution < -0.4 is 5.32 Å². The molecule has 2 amide bonds. The molecule has 0 aromatic heterocycles. The highest BCUT2D eigenvalue weighted by atomic mass is 16.6. The van der Waals surface area contributed by atoms with Crippen LogP contribution in [0, 0.1) is 46.3 Å². The molecule has 4 saturated carbocycles. The van der Waals surface area contributed by atoms with Crippen molar-refractivity contribution >= 4 is 17.8 Å². The van der Waals surface area contributed by atoms with Gasteiger partial charge in [0.2, 0.25) is 5.91 Å². The molecule has 5 aliphatic carbocycles. The minimum absolute atomic E-state index is 0.0424. The monoisotopic (exact) mass is 594 g/mol. The second-order valence-corrected chi connectivity index (χ2v) is 16.9. The SMILES string of the molecule is CC(C)(C)OC(=O)N1C[C@H]2[C@@H]3CC[C@H](C(=O)NC(C4CCCCC4)C4CCCCC4)[C@@]3(C)CC[C@@H]2[C@@]2(C)CCC(=O)C=C12. The molecule has 0 aromatic rings. The third kappa shape index (κ3) is 5.83. The Bertz CT molecular complexity index is 1090. The van der Waals surface area contributed by atoms with E-state index in [1.807, 2.05) is 25.7 Å². The number of nitrogens with zero attached hydrogens (tertiary/aromatic N) is 1. The van der Waals surface area contributed by atoms with Crippen molar-refractivity contribution in [2.45, 2.75) is 149 Å². The summed E-state index contributed by atoms with van der Waals surface area (Å²) in [6, 6.07) is 0.343. The van der Waals surface area contributed by atoms with Crippen LogP contribution in [0.4, 0.5) is 4.79 Å². The number of hydrogen-bond acceptors (Lipinski definition) is 4. The van der Waals surface area contributed by atoms with Crippen molar-refractivity contribution in [1.29, 1.82) is 0 Å². The largest absolute Gasteiger partial charge is 0.443 e. The molecule has 1 aliphatic heterocycles. The highest BCUT2D eigenvalue weighted by Gasteiger charge is 2.62. The molecule has 1 heterocycles. The second kappa shape index (κ2) is 11.8. The molecular weight excluding hydrogens is 536 g/mol. The van der Waals surface area contributed by atoms with Crippen LogP contribution >= 0.6 is 0 Å². The lowest BCUT2D eigenvalue weighted by Crippen LogP contribution is -2.60. The topological polar surface area (TPSA) is 75.7 Å². The third-order valence-corrected chi connectivity index (χ3v) is 13.3. The summed E-state index contributed by atoms with van der Waals surface area (Å²) in [4.78, 5) is 42.5. The zero-order valence-corrected chi connectivity index (χ0v) is 27.7. The average molecular weight is 595 g/mol. The summed E-state index contributed by atoms with van der Waals surface area (Å²) >= 11 is 0. The van der Waals surface area contributed by atoms with E-state index >= 15 is 0 Å². The summed E-state index contributed by atoms with van der Waals surface area (Å²) < 4.78 is 5.91. The number of ether oxygens (including phenoxy) is 1. The molecule has 6 nitrogen and oxygen atoms in total. The van der Waals surface area contributed by atoms with Crippen LogP contribution in [0.15, 0.2) is 11.8 Å². The second-order valence-electron chi connectivity index (χ2n) is 16.9. The number of ketones is 1. The Labute approximate surface area is 260 Å². The minimum atomic E-state index is -0.603. The predicted octanol–water partition coefficient (Wildman–Crippen LogP) is 8.19. The smallest absolute Gasteiger partial charge is 0.414 e. The quantitative estimate of drug-likeness (QED) is 0.356. The lowest BCUT2D eigenvalue weighted by molar-refractivity contribution is -0.136. The maximum atomic E-state index is 14.4. The normalized spacial score (nSPS) is 37.3. The fraction of sp³-hybridized carbons (Fsp3) is 0.865. The molecule has 1 saturated heterocycles. The Kier molecular flexibility index (Phi) is 8.56. The Morgan fingerprint density at radius 3 is 2.12 bits per heavy atom. The van der Waals surface area contributed by atoms with E-state index < -0.39 is 5.60 Å². The van der Waals surface area contributed by atoms with Gasteiger partial charge in [0.15, 0.2) is 5.78 Å². The molecule has 6 heteroatoms. The van der Waals surface area contributed by atoms with E-state index in [4.69, 9.17) is 4.74 Å². The van der Waals surface area contributed by atoms with Crippen molar-refractivity contribution in [1.82, 2.24) is 10.2 Å². The first-order valence-electron chi connectivity index (χ1n) is 18.0. The Balaban J connectivity index is 1.24. The molecule has 0 aromatic carbocycles. The number of carbonyl (C=O) groups is 3. The summed E-state index contributed by atoms with van der Waals surface area (Å²) in [6.45, 7) is 11.0. The fourth-order valence-corrected chi connectivity index (χ4v) is 11.1. The van der Waals surface area contributed by atoms with Crippen molar-refractivity contribution in [3.63, 3.8) is 0 Å². The van der Waals surface area contributed by atoms with Crippen molar-refractivity contribution in [2.75, 3.05) is 6.54 Å². The zero-order valence-electron chi connectivity index (χ0n) is 27.7. The fourth-order valence-electron chi connectivity index (χ4n) is 11.1. The predicted molar refractivity (Wildman–Crippen MR) is 169 cm³/mol. The number of carbonyl (C=O) groups excluding carboxylic acids is 3. The molecule has 1 N–H and O–H groups in total. The number of likely N-dealkylation sites (tertiary alicyclic amines) is 1. The first kappa shape index (κ1) is 31.1. The molecular formula is C37H58N2O4. The van der Waals surface area contributed by atoms with Crippen LogP contribution in [0.5, 0.6) is 0 Å². The Hall–Kier alpha value is -1.85. The third-order valence-electron chi connectivity index (χ3n) is 13.3. The minimum Gasteiger partial charge on any atom is -0.443 e. The zero-order chi connectivity index (χ0) is 30.6. The lowest BCUT2D eigenvalue weighted by Gasteiger charge is -2.60. The number of rotatable bonds is 4. The number of amides is 2. The number of allylic oxidation sites excluding steroid dienone is 2. The Morgan fingerprint density at radius 1 is 0.884 bits per heavy atom. The van der Waals surface area contributed by atoms with Gasteiger partial charge in [-0.25, -0.2) is 4.79 Å². The summed E-state index contributed by atoms with van der Waals surface area (Å²) in [5.74, 6) is 2.88. The van der Waals surface area contributed by atoms with Crippen molar-refractivity contribution < 1.29 is 19.1 Å². The molecule has 240 valence electrons. The van der Waals surface area contributed by atoms with Gasteiger partial charge < -0.3 is 10.1 Å². The van der Waals surface area contributed by atoms with E-state index in [1.54, 1.807) is 6.08 Å². The molecule has 6 atom stereocenters. The number of piperidine rings is 1. The van der Waals surface area contributed by atoms with Crippen LogP contribution in [-0.4, -0.2) is 40.9 Å². The summed E-state index contributed by atoms with van der Waals surface area (Å²) in [7, 11) is 0. The molecule has 0 unspecified atom stereocenters. The first-order chi connectivity index (χ1) is 20.4. The highest BCUT2D eigenvalue weighted by Crippen LogP contribution is 2.65. The molecule has 43 heavy (non-hydrogen) atoms. The van der Waals surface area contributed by atoms with Gasteiger partial charge in [-0.05, 0) is 114 Å². The number of nitrogens with one attached hydrogen (secondary N) is 1. The van der Waals surface area contributed by atoms with E-state index in [1.165, 1.54) is 64.2 Å². The number of hydrogen-bond donors (Lipinski definition) is 1. The van der Waals surface area contributed by atoms with Crippen molar-refractivity contribution in [2.24, 2.45) is 46.3 Å². The van der Waals surface area contributed by atoms with Crippen molar-refractivity contribution in [3.8, 4) is 0 Å². The van der Waals surface area contributed by atoms with Gasteiger partial charge in [0, 0.05) is 42.1 Å². The van der Waals surface area contributed by atoms with Gasteiger partial charge in [0.1, 0.15) is 5.60 Å². The van der Waals surface area contributed by atoms with Gasteiger partial charge in [-0.15, -0.1) is 0 Å². The average Bonchev–Trinajstić information content (AvgIpc) is 3.33. The molecule has 6 aliphatic rings. The van der Waals surface area contributed by atoms with Gasteiger partial charge in [-0.3, -0.25) is 14.5 Å². The molecule has 6 rings (SSSR count). The van der Waals surface area contributed by atoms with E-state index in [0.717, 1.165) is 37.8 Å². The van der Waals surface area contributed by atoms with Gasteiger partial charge in [-0.1, -0.05) is 52.4 Å². The lowest BCUT2D eigenvalue weighted by atomic mass is 9.49. The molecule has 0 spiro atoms. The Morgan fingerprint density at radius 2 is 1.51 bits per heavy atom.